The normalized spacial score (nSPS) is 13.4. The average molecular weight is 248 g/mol. The van der Waals surface area contributed by atoms with Crippen molar-refractivity contribution in [1.82, 2.24) is 4.98 Å². The van der Waals surface area contributed by atoms with Gasteiger partial charge in [-0.15, -0.1) is 11.3 Å². The van der Waals surface area contributed by atoms with E-state index in [9.17, 15) is 0 Å². The molecule has 1 aliphatic rings. The van der Waals surface area contributed by atoms with Gasteiger partial charge in [-0.1, -0.05) is 0 Å². The topological polar surface area (TPSA) is 43.4 Å². The van der Waals surface area contributed by atoms with Crippen molar-refractivity contribution in [1.29, 1.82) is 0 Å². The fourth-order valence-electron chi connectivity index (χ4n) is 1.67. The molecule has 0 atom stereocenters. The van der Waals surface area contributed by atoms with Gasteiger partial charge < -0.3 is 14.8 Å². The molecule has 1 aliphatic heterocycles. The maximum atomic E-state index is 5.52. The second kappa shape index (κ2) is 4.63. The van der Waals surface area contributed by atoms with Gasteiger partial charge in [-0.2, -0.15) is 0 Å². The minimum absolute atomic E-state index is 0.614. The standard InChI is InChI=1S/C12H12N2O2S/c1-2-10-11(16-5-4-15-10)7-9(1)14-8-12-13-3-6-17-12/h1-3,6-7,14H,4-5,8H2. The van der Waals surface area contributed by atoms with Crippen LogP contribution in [0.1, 0.15) is 5.01 Å². The van der Waals surface area contributed by atoms with Crippen molar-refractivity contribution in [3.05, 3.63) is 34.8 Å². The number of anilines is 1. The third-order valence-electron chi connectivity index (χ3n) is 2.47. The highest BCUT2D eigenvalue weighted by Crippen LogP contribution is 2.32. The first-order valence-electron chi connectivity index (χ1n) is 5.44. The Kier molecular flexibility index (Phi) is 2.83. The first-order valence-corrected chi connectivity index (χ1v) is 6.32. The molecule has 5 heteroatoms. The lowest BCUT2D eigenvalue weighted by atomic mass is 10.2. The van der Waals surface area contributed by atoms with Crippen LogP contribution < -0.4 is 14.8 Å². The Labute approximate surface area is 103 Å². The lowest BCUT2D eigenvalue weighted by Gasteiger charge is -2.19. The van der Waals surface area contributed by atoms with Crippen molar-refractivity contribution in [2.24, 2.45) is 0 Å². The molecule has 0 spiro atoms. The largest absolute Gasteiger partial charge is 0.486 e. The zero-order valence-electron chi connectivity index (χ0n) is 9.18. The Hall–Kier alpha value is -1.75. The Morgan fingerprint density at radius 3 is 2.94 bits per heavy atom. The van der Waals surface area contributed by atoms with E-state index in [1.54, 1.807) is 11.3 Å². The highest BCUT2D eigenvalue weighted by Gasteiger charge is 2.11. The van der Waals surface area contributed by atoms with E-state index in [1.807, 2.05) is 29.8 Å². The lowest BCUT2D eigenvalue weighted by Crippen LogP contribution is -2.15. The smallest absolute Gasteiger partial charge is 0.163 e. The van der Waals surface area contributed by atoms with E-state index in [1.165, 1.54) is 0 Å². The molecule has 88 valence electrons. The number of ether oxygens (including phenoxy) is 2. The van der Waals surface area contributed by atoms with E-state index >= 15 is 0 Å². The fraction of sp³-hybridized carbons (Fsp3) is 0.250. The summed E-state index contributed by atoms with van der Waals surface area (Å²) in [7, 11) is 0. The zero-order valence-corrected chi connectivity index (χ0v) is 10.00. The van der Waals surface area contributed by atoms with Crippen LogP contribution in [0.5, 0.6) is 11.5 Å². The van der Waals surface area contributed by atoms with E-state index in [4.69, 9.17) is 9.47 Å². The van der Waals surface area contributed by atoms with E-state index in [2.05, 4.69) is 10.3 Å². The van der Waals surface area contributed by atoms with Gasteiger partial charge in [0.05, 0.1) is 6.54 Å². The molecule has 0 saturated carbocycles. The van der Waals surface area contributed by atoms with Gasteiger partial charge in [0.2, 0.25) is 0 Å². The number of benzene rings is 1. The number of hydrogen-bond donors (Lipinski definition) is 1. The molecule has 1 aromatic carbocycles. The fourth-order valence-corrected chi connectivity index (χ4v) is 2.23. The maximum absolute atomic E-state index is 5.52. The maximum Gasteiger partial charge on any atom is 0.163 e. The molecule has 0 amide bonds. The predicted molar refractivity (Wildman–Crippen MR) is 66.9 cm³/mol. The molecule has 1 aromatic heterocycles. The van der Waals surface area contributed by atoms with Crippen LogP contribution in [-0.4, -0.2) is 18.2 Å². The van der Waals surface area contributed by atoms with Crippen LogP contribution in [0.25, 0.3) is 0 Å². The van der Waals surface area contributed by atoms with Crippen LogP contribution in [0.4, 0.5) is 5.69 Å². The molecule has 0 bridgehead atoms. The van der Waals surface area contributed by atoms with Crippen LogP contribution in [-0.2, 0) is 6.54 Å². The predicted octanol–water partition coefficient (Wildman–Crippen LogP) is 2.53. The molecule has 2 aromatic rings. The van der Waals surface area contributed by atoms with E-state index in [0.717, 1.165) is 28.7 Å². The first kappa shape index (κ1) is 10.4. The van der Waals surface area contributed by atoms with Gasteiger partial charge >= 0.3 is 0 Å². The molecule has 1 N–H and O–H groups in total. The number of aromatic nitrogens is 1. The third-order valence-corrected chi connectivity index (χ3v) is 3.25. The van der Waals surface area contributed by atoms with E-state index in [0.29, 0.717) is 13.2 Å². The second-order valence-corrected chi connectivity index (χ2v) is 4.62. The molecule has 0 saturated heterocycles. The van der Waals surface area contributed by atoms with Gasteiger partial charge in [0.1, 0.15) is 18.2 Å². The van der Waals surface area contributed by atoms with Gasteiger partial charge in [0.15, 0.2) is 11.5 Å². The Morgan fingerprint density at radius 1 is 1.24 bits per heavy atom. The molecule has 17 heavy (non-hydrogen) atoms. The molecule has 2 heterocycles. The summed E-state index contributed by atoms with van der Waals surface area (Å²) in [6.45, 7) is 1.97. The number of nitrogens with zero attached hydrogens (tertiary/aromatic N) is 1. The van der Waals surface area contributed by atoms with Crippen LogP contribution in [0, 0.1) is 0 Å². The SMILES string of the molecule is c1csc(CNc2ccc3c(c2)OCCO3)n1. The summed E-state index contributed by atoms with van der Waals surface area (Å²) in [4.78, 5) is 4.22. The number of hydrogen-bond acceptors (Lipinski definition) is 5. The van der Waals surface area contributed by atoms with Crippen molar-refractivity contribution in [2.45, 2.75) is 6.54 Å². The summed E-state index contributed by atoms with van der Waals surface area (Å²) in [6.07, 6.45) is 1.81. The summed E-state index contributed by atoms with van der Waals surface area (Å²) >= 11 is 1.64. The van der Waals surface area contributed by atoms with Crippen molar-refractivity contribution in [2.75, 3.05) is 18.5 Å². The van der Waals surface area contributed by atoms with E-state index < -0.39 is 0 Å². The summed E-state index contributed by atoms with van der Waals surface area (Å²) in [5.74, 6) is 1.62. The van der Waals surface area contributed by atoms with Crippen LogP contribution in [0.3, 0.4) is 0 Å². The van der Waals surface area contributed by atoms with Gasteiger partial charge in [0, 0.05) is 23.3 Å². The van der Waals surface area contributed by atoms with Crippen molar-refractivity contribution >= 4 is 17.0 Å². The molecule has 4 nitrogen and oxygen atoms in total. The third kappa shape index (κ3) is 2.34. The zero-order chi connectivity index (χ0) is 11.5. The summed E-state index contributed by atoms with van der Waals surface area (Å²) in [5, 5.41) is 6.35. The monoisotopic (exact) mass is 248 g/mol. The van der Waals surface area contributed by atoms with Crippen molar-refractivity contribution in [3.63, 3.8) is 0 Å². The molecule has 0 radical (unpaired) electrons. The minimum Gasteiger partial charge on any atom is -0.486 e. The summed E-state index contributed by atoms with van der Waals surface area (Å²) in [6, 6.07) is 5.88. The molecule has 0 fully saturated rings. The highest BCUT2D eigenvalue weighted by molar-refractivity contribution is 7.09. The highest BCUT2D eigenvalue weighted by atomic mass is 32.1. The molecule has 0 unspecified atom stereocenters. The average Bonchev–Trinajstić information content (AvgIpc) is 2.89. The van der Waals surface area contributed by atoms with Crippen LogP contribution >= 0.6 is 11.3 Å². The molecule has 0 aliphatic carbocycles. The summed E-state index contributed by atoms with van der Waals surface area (Å²) in [5.41, 5.74) is 1.02. The van der Waals surface area contributed by atoms with Gasteiger partial charge in [-0.3, -0.25) is 0 Å². The van der Waals surface area contributed by atoms with Crippen LogP contribution in [0.15, 0.2) is 29.8 Å². The summed E-state index contributed by atoms with van der Waals surface area (Å²) < 4.78 is 11.0. The van der Waals surface area contributed by atoms with Crippen molar-refractivity contribution in [3.8, 4) is 11.5 Å². The van der Waals surface area contributed by atoms with E-state index in [-0.39, 0.29) is 0 Å². The minimum atomic E-state index is 0.614. The first-order chi connectivity index (χ1) is 8.42. The van der Waals surface area contributed by atoms with Gasteiger partial charge in [-0.05, 0) is 12.1 Å². The lowest BCUT2D eigenvalue weighted by molar-refractivity contribution is 0.171. The second-order valence-electron chi connectivity index (χ2n) is 3.64. The molecular weight excluding hydrogens is 236 g/mol. The Balaban J connectivity index is 1.71. The Morgan fingerprint density at radius 2 is 2.12 bits per heavy atom. The van der Waals surface area contributed by atoms with Crippen molar-refractivity contribution < 1.29 is 9.47 Å². The Bertz CT molecular complexity index is 499. The number of rotatable bonds is 3. The van der Waals surface area contributed by atoms with Gasteiger partial charge in [-0.25, -0.2) is 4.98 Å². The number of fused-ring (bicyclic) bond motifs is 1. The number of thiazole rings is 1. The quantitative estimate of drug-likeness (QED) is 0.906. The molecule has 3 rings (SSSR count). The van der Waals surface area contributed by atoms with Crippen LogP contribution in [0.2, 0.25) is 0 Å². The molecular formula is C12H12N2O2S. The number of nitrogens with one attached hydrogen (secondary N) is 1. The van der Waals surface area contributed by atoms with Gasteiger partial charge in [0.25, 0.3) is 0 Å².